The quantitative estimate of drug-likeness (QED) is 0.811. The highest BCUT2D eigenvalue weighted by molar-refractivity contribution is 5.78. The van der Waals surface area contributed by atoms with Gasteiger partial charge in [-0.25, -0.2) is 0 Å². The fourth-order valence-corrected chi connectivity index (χ4v) is 3.74. The molecule has 1 heterocycles. The van der Waals surface area contributed by atoms with Crippen molar-refractivity contribution in [2.24, 2.45) is 11.8 Å². The number of carbonyl (C=O) groups excluding carboxylic acids is 1. The molecule has 102 valence electrons. The van der Waals surface area contributed by atoms with Crippen molar-refractivity contribution in [3.05, 3.63) is 0 Å². The van der Waals surface area contributed by atoms with E-state index in [9.17, 15) is 4.79 Å². The molecule has 3 heteroatoms. The zero-order valence-corrected chi connectivity index (χ0v) is 11.4. The first kappa shape index (κ1) is 12.5. The highest BCUT2D eigenvalue weighted by atomic mass is 16.2. The van der Waals surface area contributed by atoms with E-state index in [1.807, 2.05) is 0 Å². The van der Waals surface area contributed by atoms with E-state index in [1.165, 1.54) is 51.4 Å². The lowest BCUT2D eigenvalue weighted by atomic mass is 9.96. The van der Waals surface area contributed by atoms with Crippen molar-refractivity contribution >= 4 is 5.91 Å². The third-order valence-corrected chi connectivity index (χ3v) is 4.99. The summed E-state index contributed by atoms with van der Waals surface area (Å²) in [5.74, 6) is 1.92. The van der Waals surface area contributed by atoms with Gasteiger partial charge in [0.25, 0.3) is 0 Å². The molecule has 1 aliphatic heterocycles. The van der Waals surface area contributed by atoms with Gasteiger partial charge < -0.3 is 5.32 Å². The second-order valence-electron chi connectivity index (χ2n) is 6.47. The van der Waals surface area contributed by atoms with Crippen LogP contribution in [0, 0.1) is 11.8 Å². The largest absolute Gasteiger partial charge is 0.355 e. The first-order valence-corrected chi connectivity index (χ1v) is 7.83. The molecule has 0 unspecified atom stereocenters. The SMILES string of the molecule is O=C(CN1CCC[C@H]1C1CCCC1)NCC1CC1. The van der Waals surface area contributed by atoms with E-state index < -0.39 is 0 Å². The molecular weight excluding hydrogens is 224 g/mol. The third-order valence-electron chi connectivity index (χ3n) is 4.99. The number of amides is 1. The summed E-state index contributed by atoms with van der Waals surface area (Å²) in [5.41, 5.74) is 0. The zero-order chi connectivity index (χ0) is 12.4. The zero-order valence-electron chi connectivity index (χ0n) is 11.4. The summed E-state index contributed by atoms with van der Waals surface area (Å²) >= 11 is 0. The second kappa shape index (κ2) is 5.60. The van der Waals surface area contributed by atoms with Crippen LogP contribution < -0.4 is 5.32 Å². The van der Waals surface area contributed by atoms with E-state index >= 15 is 0 Å². The highest BCUT2D eigenvalue weighted by Gasteiger charge is 2.34. The summed E-state index contributed by atoms with van der Waals surface area (Å²) in [6, 6.07) is 0.708. The molecule has 3 aliphatic rings. The Balaban J connectivity index is 1.45. The van der Waals surface area contributed by atoms with Crippen LogP contribution in [0.3, 0.4) is 0 Å². The number of rotatable bonds is 5. The fourth-order valence-electron chi connectivity index (χ4n) is 3.74. The van der Waals surface area contributed by atoms with Crippen LogP contribution in [-0.2, 0) is 4.79 Å². The molecule has 1 N–H and O–H groups in total. The molecule has 2 saturated carbocycles. The van der Waals surface area contributed by atoms with E-state index in [-0.39, 0.29) is 5.91 Å². The summed E-state index contributed by atoms with van der Waals surface area (Å²) in [5, 5.41) is 3.10. The summed E-state index contributed by atoms with van der Waals surface area (Å²) in [6.07, 6.45) is 10.8. The van der Waals surface area contributed by atoms with Gasteiger partial charge in [0.05, 0.1) is 6.54 Å². The van der Waals surface area contributed by atoms with Gasteiger partial charge in [-0.05, 0) is 56.9 Å². The number of hydrogen-bond acceptors (Lipinski definition) is 2. The summed E-state index contributed by atoms with van der Waals surface area (Å²) in [4.78, 5) is 14.4. The number of likely N-dealkylation sites (tertiary alicyclic amines) is 1. The topological polar surface area (TPSA) is 32.3 Å². The van der Waals surface area contributed by atoms with E-state index in [1.54, 1.807) is 0 Å². The molecular formula is C15H26N2O. The smallest absolute Gasteiger partial charge is 0.234 e. The molecule has 18 heavy (non-hydrogen) atoms. The lowest BCUT2D eigenvalue weighted by Gasteiger charge is -2.28. The monoisotopic (exact) mass is 250 g/mol. The highest BCUT2D eigenvalue weighted by Crippen LogP contribution is 2.35. The van der Waals surface area contributed by atoms with E-state index in [0.29, 0.717) is 12.6 Å². The molecule has 0 spiro atoms. The Labute approximate surface area is 110 Å². The van der Waals surface area contributed by atoms with Crippen molar-refractivity contribution in [2.75, 3.05) is 19.6 Å². The molecule has 1 saturated heterocycles. The molecule has 1 atom stereocenters. The molecule has 3 rings (SSSR count). The van der Waals surface area contributed by atoms with Crippen molar-refractivity contribution < 1.29 is 4.79 Å². The van der Waals surface area contributed by atoms with Gasteiger partial charge in [-0.1, -0.05) is 12.8 Å². The Kier molecular flexibility index (Phi) is 3.88. The van der Waals surface area contributed by atoms with E-state index in [2.05, 4.69) is 10.2 Å². The van der Waals surface area contributed by atoms with E-state index in [4.69, 9.17) is 0 Å². The van der Waals surface area contributed by atoms with Crippen LogP contribution in [0.4, 0.5) is 0 Å². The predicted octanol–water partition coefficient (Wildman–Crippen LogP) is 2.17. The maximum Gasteiger partial charge on any atom is 0.234 e. The molecule has 0 aromatic heterocycles. The molecule has 0 bridgehead atoms. The van der Waals surface area contributed by atoms with Gasteiger partial charge in [0.2, 0.25) is 5.91 Å². The first-order valence-electron chi connectivity index (χ1n) is 7.83. The van der Waals surface area contributed by atoms with Crippen molar-refractivity contribution in [1.29, 1.82) is 0 Å². The van der Waals surface area contributed by atoms with Crippen LogP contribution >= 0.6 is 0 Å². The van der Waals surface area contributed by atoms with Crippen LogP contribution in [-0.4, -0.2) is 36.5 Å². The van der Waals surface area contributed by atoms with Crippen LogP contribution in [0.15, 0.2) is 0 Å². The normalized spacial score (nSPS) is 29.9. The van der Waals surface area contributed by atoms with Crippen LogP contribution in [0.1, 0.15) is 51.4 Å². The van der Waals surface area contributed by atoms with Crippen molar-refractivity contribution in [3.63, 3.8) is 0 Å². The summed E-state index contributed by atoms with van der Waals surface area (Å²) in [7, 11) is 0. The maximum absolute atomic E-state index is 11.9. The van der Waals surface area contributed by atoms with Gasteiger partial charge in [0.15, 0.2) is 0 Å². The number of hydrogen-bond donors (Lipinski definition) is 1. The minimum atomic E-state index is 0.256. The van der Waals surface area contributed by atoms with Gasteiger partial charge in [0, 0.05) is 12.6 Å². The molecule has 0 aromatic rings. The Hall–Kier alpha value is -0.570. The summed E-state index contributed by atoms with van der Waals surface area (Å²) < 4.78 is 0. The number of nitrogens with one attached hydrogen (secondary N) is 1. The second-order valence-corrected chi connectivity index (χ2v) is 6.47. The van der Waals surface area contributed by atoms with Crippen LogP contribution in [0.2, 0.25) is 0 Å². The lowest BCUT2D eigenvalue weighted by molar-refractivity contribution is -0.122. The molecule has 2 aliphatic carbocycles. The third kappa shape index (κ3) is 3.05. The minimum absolute atomic E-state index is 0.256. The van der Waals surface area contributed by atoms with Gasteiger partial charge in [-0.2, -0.15) is 0 Å². The first-order chi connectivity index (χ1) is 8.83. The lowest BCUT2D eigenvalue weighted by Crippen LogP contribution is -2.42. The number of nitrogens with zero attached hydrogens (tertiary/aromatic N) is 1. The Morgan fingerprint density at radius 1 is 1.06 bits per heavy atom. The predicted molar refractivity (Wildman–Crippen MR) is 72.3 cm³/mol. The van der Waals surface area contributed by atoms with Gasteiger partial charge in [-0.15, -0.1) is 0 Å². The van der Waals surface area contributed by atoms with Crippen molar-refractivity contribution in [3.8, 4) is 0 Å². The van der Waals surface area contributed by atoms with Crippen molar-refractivity contribution in [2.45, 2.75) is 57.4 Å². The van der Waals surface area contributed by atoms with E-state index in [0.717, 1.165) is 24.9 Å². The minimum Gasteiger partial charge on any atom is -0.355 e. The molecule has 0 aromatic carbocycles. The average Bonchev–Trinajstić information content (AvgIpc) is 2.85. The number of carbonyl (C=O) groups is 1. The van der Waals surface area contributed by atoms with Crippen molar-refractivity contribution in [1.82, 2.24) is 10.2 Å². The van der Waals surface area contributed by atoms with Gasteiger partial charge >= 0.3 is 0 Å². The molecule has 1 amide bonds. The van der Waals surface area contributed by atoms with Gasteiger partial charge in [-0.3, -0.25) is 9.69 Å². The molecule has 0 radical (unpaired) electrons. The molecule has 3 nitrogen and oxygen atoms in total. The Bertz CT molecular complexity index is 295. The summed E-state index contributed by atoms with van der Waals surface area (Å²) in [6.45, 7) is 2.70. The van der Waals surface area contributed by atoms with Gasteiger partial charge in [0.1, 0.15) is 0 Å². The van der Waals surface area contributed by atoms with Crippen LogP contribution in [0.25, 0.3) is 0 Å². The average molecular weight is 250 g/mol. The Morgan fingerprint density at radius 3 is 2.56 bits per heavy atom. The maximum atomic E-state index is 11.9. The Morgan fingerprint density at radius 2 is 1.83 bits per heavy atom. The van der Waals surface area contributed by atoms with Crippen LogP contribution in [0.5, 0.6) is 0 Å². The standard InChI is InChI=1S/C15H26N2O/c18-15(16-10-12-7-8-12)11-17-9-3-6-14(17)13-4-1-2-5-13/h12-14H,1-11H2,(H,16,18)/t14-/m0/s1. The molecule has 3 fully saturated rings. The fraction of sp³-hybridized carbons (Fsp3) is 0.933.